The maximum atomic E-state index is 12.6. The standard InChI is InChI=1S/C12H10F3N3O2S/c1-18-10(12(13,14)15)16-17-11(18)21-5-7-2-3-8-9(4-7)20-6-19-8/h2-4H,5-6H2,1H3. The maximum Gasteiger partial charge on any atom is 0.451 e. The van der Waals surface area contributed by atoms with Crippen LogP contribution in [0.1, 0.15) is 11.4 Å². The van der Waals surface area contributed by atoms with E-state index in [1.54, 1.807) is 12.1 Å². The van der Waals surface area contributed by atoms with Gasteiger partial charge in [0.25, 0.3) is 0 Å². The summed E-state index contributed by atoms with van der Waals surface area (Å²) in [7, 11) is 1.30. The molecule has 1 aliphatic rings. The van der Waals surface area contributed by atoms with Crippen molar-refractivity contribution in [2.45, 2.75) is 17.1 Å². The molecular formula is C12H10F3N3O2S. The lowest BCUT2D eigenvalue weighted by molar-refractivity contribution is -0.147. The van der Waals surface area contributed by atoms with Crippen LogP contribution < -0.4 is 9.47 Å². The second-order valence-electron chi connectivity index (χ2n) is 4.34. The largest absolute Gasteiger partial charge is 0.454 e. The summed E-state index contributed by atoms with van der Waals surface area (Å²) in [6.07, 6.45) is -4.50. The van der Waals surface area contributed by atoms with Gasteiger partial charge in [0.15, 0.2) is 16.7 Å². The Kier molecular flexibility index (Phi) is 3.44. The van der Waals surface area contributed by atoms with Crippen molar-refractivity contribution >= 4 is 11.8 Å². The fourth-order valence-corrected chi connectivity index (χ4v) is 2.72. The maximum absolute atomic E-state index is 12.6. The quantitative estimate of drug-likeness (QED) is 0.815. The highest BCUT2D eigenvalue weighted by Crippen LogP contribution is 2.35. The second-order valence-corrected chi connectivity index (χ2v) is 5.28. The summed E-state index contributed by atoms with van der Waals surface area (Å²) >= 11 is 1.18. The summed E-state index contributed by atoms with van der Waals surface area (Å²) in [5, 5.41) is 6.96. The smallest absolute Gasteiger partial charge is 0.451 e. The minimum atomic E-state index is -4.50. The first-order valence-electron chi connectivity index (χ1n) is 5.93. The fraction of sp³-hybridized carbons (Fsp3) is 0.333. The number of nitrogens with zero attached hydrogens (tertiary/aromatic N) is 3. The number of benzene rings is 1. The van der Waals surface area contributed by atoms with Crippen molar-refractivity contribution in [3.8, 4) is 11.5 Å². The number of hydrogen-bond donors (Lipinski definition) is 0. The molecule has 2 heterocycles. The van der Waals surface area contributed by atoms with Gasteiger partial charge in [-0.2, -0.15) is 13.2 Å². The highest BCUT2D eigenvalue weighted by Gasteiger charge is 2.37. The Morgan fingerprint density at radius 1 is 1.24 bits per heavy atom. The Balaban J connectivity index is 1.72. The van der Waals surface area contributed by atoms with Crippen molar-refractivity contribution in [1.82, 2.24) is 14.8 Å². The van der Waals surface area contributed by atoms with E-state index >= 15 is 0 Å². The van der Waals surface area contributed by atoms with Crippen molar-refractivity contribution in [3.63, 3.8) is 0 Å². The van der Waals surface area contributed by atoms with Crippen LogP contribution in [0.3, 0.4) is 0 Å². The lowest BCUT2D eigenvalue weighted by atomic mass is 10.2. The lowest BCUT2D eigenvalue weighted by Crippen LogP contribution is -2.12. The molecular weight excluding hydrogens is 307 g/mol. The first-order chi connectivity index (χ1) is 9.95. The van der Waals surface area contributed by atoms with Crippen LogP contribution in [0.25, 0.3) is 0 Å². The van der Waals surface area contributed by atoms with Crippen molar-refractivity contribution in [2.24, 2.45) is 7.05 Å². The summed E-state index contributed by atoms with van der Waals surface area (Å²) in [6.45, 7) is 0.185. The summed E-state index contributed by atoms with van der Waals surface area (Å²) in [4.78, 5) is 0. The third kappa shape index (κ3) is 2.78. The number of halogens is 3. The van der Waals surface area contributed by atoms with Crippen molar-refractivity contribution in [2.75, 3.05) is 6.79 Å². The first kappa shape index (κ1) is 14.1. The summed E-state index contributed by atoms with van der Waals surface area (Å²) in [5.74, 6) is 0.764. The van der Waals surface area contributed by atoms with Crippen LogP contribution in [0, 0.1) is 0 Å². The molecule has 0 amide bonds. The van der Waals surface area contributed by atoms with E-state index in [9.17, 15) is 13.2 Å². The molecule has 0 fully saturated rings. The summed E-state index contributed by atoms with van der Waals surface area (Å²) in [5.41, 5.74) is 0.904. The van der Waals surface area contributed by atoms with E-state index in [0.29, 0.717) is 17.3 Å². The summed E-state index contributed by atoms with van der Waals surface area (Å²) < 4.78 is 49.2. The van der Waals surface area contributed by atoms with Gasteiger partial charge in [-0.15, -0.1) is 10.2 Å². The summed E-state index contributed by atoms with van der Waals surface area (Å²) in [6, 6.07) is 5.41. The van der Waals surface area contributed by atoms with Gasteiger partial charge in [0.05, 0.1) is 0 Å². The normalized spacial score (nSPS) is 13.7. The molecule has 1 aromatic carbocycles. The number of rotatable bonds is 3. The Bertz CT molecular complexity index is 672. The molecule has 9 heteroatoms. The van der Waals surface area contributed by atoms with E-state index in [0.717, 1.165) is 10.1 Å². The highest BCUT2D eigenvalue weighted by molar-refractivity contribution is 7.98. The Morgan fingerprint density at radius 2 is 2.00 bits per heavy atom. The minimum absolute atomic E-state index is 0.185. The molecule has 0 bridgehead atoms. The zero-order valence-corrected chi connectivity index (χ0v) is 11.7. The molecule has 1 aromatic heterocycles. The van der Waals surface area contributed by atoms with Crippen LogP contribution in [0.2, 0.25) is 0 Å². The average Bonchev–Trinajstić information content (AvgIpc) is 3.01. The van der Waals surface area contributed by atoms with Gasteiger partial charge in [-0.3, -0.25) is 0 Å². The SMILES string of the molecule is Cn1c(SCc2ccc3c(c2)OCO3)nnc1C(F)(F)F. The van der Waals surface area contributed by atoms with E-state index in [1.165, 1.54) is 18.8 Å². The van der Waals surface area contributed by atoms with Gasteiger partial charge in [-0.05, 0) is 17.7 Å². The zero-order chi connectivity index (χ0) is 15.0. The van der Waals surface area contributed by atoms with Crippen molar-refractivity contribution in [1.29, 1.82) is 0 Å². The Hall–Kier alpha value is -1.90. The molecule has 0 saturated carbocycles. The number of ether oxygens (including phenoxy) is 2. The van der Waals surface area contributed by atoms with Crippen LogP contribution in [-0.4, -0.2) is 21.6 Å². The molecule has 0 radical (unpaired) electrons. The van der Waals surface area contributed by atoms with Gasteiger partial charge < -0.3 is 14.0 Å². The van der Waals surface area contributed by atoms with Crippen molar-refractivity contribution in [3.05, 3.63) is 29.6 Å². The van der Waals surface area contributed by atoms with Gasteiger partial charge in [0, 0.05) is 12.8 Å². The number of aromatic nitrogens is 3. The van der Waals surface area contributed by atoms with Gasteiger partial charge in [0.1, 0.15) is 0 Å². The van der Waals surface area contributed by atoms with E-state index in [2.05, 4.69) is 10.2 Å². The van der Waals surface area contributed by atoms with E-state index < -0.39 is 12.0 Å². The molecule has 0 unspecified atom stereocenters. The molecule has 1 aliphatic heterocycles. The predicted molar refractivity (Wildman–Crippen MR) is 68.1 cm³/mol. The fourth-order valence-electron chi connectivity index (χ4n) is 1.87. The predicted octanol–water partition coefficient (Wildman–Crippen LogP) is 2.85. The van der Waals surface area contributed by atoms with Gasteiger partial charge >= 0.3 is 6.18 Å². The van der Waals surface area contributed by atoms with Crippen LogP contribution in [0.4, 0.5) is 13.2 Å². The monoisotopic (exact) mass is 317 g/mol. The number of alkyl halides is 3. The second kappa shape index (κ2) is 5.14. The number of hydrogen-bond acceptors (Lipinski definition) is 5. The Morgan fingerprint density at radius 3 is 2.71 bits per heavy atom. The van der Waals surface area contributed by atoms with Crippen LogP contribution in [0.15, 0.2) is 23.4 Å². The van der Waals surface area contributed by atoms with Gasteiger partial charge in [-0.1, -0.05) is 17.8 Å². The highest BCUT2D eigenvalue weighted by atomic mass is 32.2. The number of fused-ring (bicyclic) bond motifs is 1. The van der Waals surface area contributed by atoms with Crippen LogP contribution in [0.5, 0.6) is 11.5 Å². The van der Waals surface area contributed by atoms with Gasteiger partial charge in [-0.25, -0.2) is 0 Å². The number of thioether (sulfide) groups is 1. The van der Waals surface area contributed by atoms with E-state index in [1.807, 2.05) is 6.07 Å². The molecule has 0 aliphatic carbocycles. The van der Waals surface area contributed by atoms with Crippen LogP contribution in [-0.2, 0) is 19.0 Å². The first-order valence-corrected chi connectivity index (χ1v) is 6.91. The molecule has 0 atom stereocenters. The average molecular weight is 317 g/mol. The molecule has 5 nitrogen and oxygen atoms in total. The van der Waals surface area contributed by atoms with Gasteiger partial charge in [0.2, 0.25) is 12.6 Å². The topological polar surface area (TPSA) is 49.2 Å². The molecule has 3 rings (SSSR count). The van der Waals surface area contributed by atoms with E-state index in [-0.39, 0.29) is 11.9 Å². The third-order valence-corrected chi connectivity index (χ3v) is 3.98. The molecule has 21 heavy (non-hydrogen) atoms. The molecule has 112 valence electrons. The zero-order valence-electron chi connectivity index (χ0n) is 10.8. The lowest BCUT2D eigenvalue weighted by Gasteiger charge is -2.06. The van der Waals surface area contributed by atoms with Crippen molar-refractivity contribution < 1.29 is 22.6 Å². The minimum Gasteiger partial charge on any atom is -0.454 e. The third-order valence-electron chi connectivity index (χ3n) is 2.89. The van der Waals surface area contributed by atoms with E-state index in [4.69, 9.17) is 9.47 Å². The molecule has 2 aromatic rings. The molecule has 0 N–H and O–H groups in total. The molecule has 0 spiro atoms. The molecule has 0 saturated heterocycles. The van der Waals surface area contributed by atoms with Crippen LogP contribution >= 0.6 is 11.8 Å². The Labute approximate surface area is 122 Å².